The van der Waals surface area contributed by atoms with E-state index in [2.05, 4.69) is 53.8 Å². The van der Waals surface area contributed by atoms with E-state index < -0.39 is 10.0 Å². The summed E-state index contributed by atoms with van der Waals surface area (Å²) >= 11 is 6.47. The van der Waals surface area contributed by atoms with Gasteiger partial charge in [-0.25, -0.2) is 17.8 Å². The Hall–Kier alpha value is 0.0100. The van der Waals surface area contributed by atoms with Crippen molar-refractivity contribution >= 4 is 41.9 Å². The van der Waals surface area contributed by atoms with E-state index in [1.165, 1.54) is 4.68 Å². The number of nitrogens with one attached hydrogen (secondary N) is 1. The van der Waals surface area contributed by atoms with Crippen molar-refractivity contribution in [1.82, 2.24) is 19.7 Å². The third kappa shape index (κ3) is 4.29. The molecule has 6 nitrogen and oxygen atoms in total. The Morgan fingerprint density at radius 2 is 2.17 bits per heavy atom. The Kier molecular flexibility index (Phi) is 6.22. The lowest BCUT2D eigenvalue weighted by Gasteiger charge is -2.09. The summed E-state index contributed by atoms with van der Waals surface area (Å²) in [5.74, 6) is 0.541. The maximum absolute atomic E-state index is 12.0. The van der Waals surface area contributed by atoms with Crippen LogP contribution in [0.2, 0.25) is 0 Å². The van der Waals surface area contributed by atoms with E-state index in [1.54, 1.807) is 7.05 Å². The lowest BCUT2D eigenvalue weighted by molar-refractivity contribution is 0.538. The Bertz CT molecular complexity index is 469. The van der Waals surface area contributed by atoms with Crippen molar-refractivity contribution in [2.24, 2.45) is 13.0 Å². The quantitative estimate of drug-likeness (QED) is 0.554. The van der Waals surface area contributed by atoms with Crippen LogP contribution < -0.4 is 4.72 Å². The molecule has 0 aliphatic carbocycles. The highest BCUT2D eigenvalue weighted by atomic mass is 79.9. The van der Waals surface area contributed by atoms with Crippen LogP contribution in [0.15, 0.2) is 9.63 Å². The normalized spacial score (nSPS) is 13.8. The Morgan fingerprint density at radius 1 is 1.50 bits per heavy atom. The maximum atomic E-state index is 12.0. The van der Waals surface area contributed by atoms with Crippen LogP contribution in [-0.4, -0.2) is 35.3 Å². The van der Waals surface area contributed by atoms with Crippen LogP contribution in [-0.2, 0) is 17.1 Å². The van der Waals surface area contributed by atoms with Gasteiger partial charge in [0, 0.05) is 18.9 Å². The summed E-state index contributed by atoms with van der Waals surface area (Å²) in [6.07, 6.45) is 1.77. The van der Waals surface area contributed by atoms with Gasteiger partial charge in [-0.05, 0) is 34.7 Å². The van der Waals surface area contributed by atoms with Crippen LogP contribution >= 0.6 is 31.9 Å². The first kappa shape index (κ1) is 16.1. The molecule has 0 saturated heterocycles. The first-order chi connectivity index (χ1) is 8.38. The van der Waals surface area contributed by atoms with E-state index in [9.17, 15) is 8.42 Å². The number of halogens is 2. The third-order valence-corrected chi connectivity index (χ3v) is 5.87. The summed E-state index contributed by atoms with van der Waals surface area (Å²) in [4.78, 5) is 0. The molecule has 0 fully saturated rings. The van der Waals surface area contributed by atoms with Gasteiger partial charge in [0.2, 0.25) is 5.03 Å². The number of nitrogens with zero attached hydrogens (tertiary/aromatic N) is 3. The van der Waals surface area contributed by atoms with E-state index in [-0.39, 0.29) is 9.63 Å². The molecular weight excluding hydrogens is 388 g/mol. The standard InChI is InChI=1S/C9H16Br2N4O2S/c1-7(6-10)4-3-5-12-18(16,17)9-8(11)13-14-15(9)2/h7,12H,3-6H2,1-2H3. The molecule has 1 atom stereocenters. The topological polar surface area (TPSA) is 76.9 Å². The maximum Gasteiger partial charge on any atom is 0.260 e. The smallest absolute Gasteiger partial charge is 0.235 e. The molecule has 0 bridgehead atoms. The van der Waals surface area contributed by atoms with Crippen molar-refractivity contribution in [2.75, 3.05) is 11.9 Å². The van der Waals surface area contributed by atoms with Crippen molar-refractivity contribution in [1.29, 1.82) is 0 Å². The lowest BCUT2D eigenvalue weighted by Crippen LogP contribution is -2.27. The minimum absolute atomic E-state index is 0.0519. The number of sulfonamides is 1. The van der Waals surface area contributed by atoms with Gasteiger partial charge in [-0.2, -0.15) is 0 Å². The molecule has 1 rings (SSSR count). The molecule has 9 heteroatoms. The summed E-state index contributed by atoms with van der Waals surface area (Å²) in [6, 6.07) is 0. The van der Waals surface area contributed by atoms with Crippen LogP contribution in [0.3, 0.4) is 0 Å². The molecule has 1 heterocycles. The fourth-order valence-electron chi connectivity index (χ4n) is 1.41. The second-order valence-electron chi connectivity index (χ2n) is 4.11. The summed E-state index contributed by atoms with van der Waals surface area (Å²) < 4.78 is 28.0. The monoisotopic (exact) mass is 402 g/mol. The van der Waals surface area contributed by atoms with Crippen LogP contribution in [0.1, 0.15) is 19.8 Å². The number of alkyl halides is 1. The van der Waals surface area contributed by atoms with E-state index in [0.29, 0.717) is 12.5 Å². The van der Waals surface area contributed by atoms with Crippen molar-refractivity contribution in [3.8, 4) is 0 Å². The average molecular weight is 404 g/mol. The Balaban J connectivity index is 2.56. The Morgan fingerprint density at radius 3 is 2.67 bits per heavy atom. The summed E-state index contributed by atoms with van der Waals surface area (Å²) in [7, 11) is -2.01. The molecular formula is C9H16Br2N4O2S. The van der Waals surface area contributed by atoms with Crippen molar-refractivity contribution in [3.05, 3.63) is 4.60 Å². The highest BCUT2D eigenvalue weighted by molar-refractivity contribution is 9.10. The molecule has 18 heavy (non-hydrogen) atoms. The Labute approximate surface area is 124 Å². The number of aryl methyl sites for hydroxylation is 1. The van der Waals surface area contributed by atoms with Gasteiger partial charge in [-0.15, -0.1) is 5.10 Å². The van der Waals surface area contributed by atoms with Crippen LogP contribution in [0.25, 0.3) is 0 Å². The molecule has 0 spiro atoms. The molecule has 0 aliphatic heterocycles. The fourth-order valence-corrected chi connectivity index (χ4v) is 3.90. The molecule has 1 aromatic heterocycles. The molecule has 0 saturated carbocycles. The molecule has 0 aromatic carbocycles. The number of hydrogen-bond donors (Lipinski definition) is 1. The largest absolute Gasteiger partial charge is 0.260 e. The number of rotatable bonds is 7. The first-order valence-electron chi connectivity index (χ1n) is 5.49. The zero-order valence-corrected chi connectivity index (χ0v) is 14.2. The predicted molar refractivity (Wildman–Crippen MR) is 76.1 cm³/mol. The first-order valence-corrected chi connectivity index (χ1v) is 8.89. The second-order valence-corrected chi connectivity index (χ2v) is 7.19. The average Bonchev–Trinajstić information content (AvgIpc) is 2.64. The van der Waals surface area contributed by atoms with Gasteiger partial charge in [-0.3, -0.25) is 0 Å². The van der Waals surface area contributed by atoms with Crippen molar-refractivity contribution in [2.45, 2.75) is 24.8 Å². The number of hydrogen-bond acceptors (Lipinski definition) is 4. The van der Waals surface area contributed by atoms with Gasteiger partial charge in [0.25, 0.3) is 10.0 Å². The lowest BCUT2D eigenvalue weighted by atomic mass is 10.1. The highest BCUT2D eigenvalue weighted by Crippen LogP contribution is 2.17. The van der Waals surface area contributed by atoms with Gasteiger partial charge in [-0.1, -0.05) is 28.1 Å². The van der Waals surface area contributed by atoms with Gasteiger partial charge in [0.05, 0.1) is 0 Å². The molecule has 0 amide bonds. The van der Waals surface area contributed by atoms with E-state index >= 15 is 0 Å². The molecule has 0 aliphatic rings. The zero-order chi connectivity index (χ0) is 13.8. The minimum atomic E-state index is -3.55. The summed E-state index contributed by atoms with van der Waals surface area (Å²) in [5, 5.41) is 8.28. The van der Waals surface area contributed by atoms with E-state index in [4.69, 9.17) is 0 Å². The molecule has 1 N–H and O–H groups in total. The van der Waals surface area contributed by atoms with E-state index in [0.717, 1.165) is 18.2 Å². The van der Waals surface area contributed by atoms with Gasteiger partial charge < -0.3 is 0 Å². The summed E-state index contributed by atoms with van der Waals surface area (Å²) in [5.41, 5.74) is 0. The molecule has 0 radical (unpaired) electrons. The fraction of sp³-hybridized carbons (Fsp3) is 0.778. The van der Waals surface area contributed by atoms with Gasteiger partial charge >= 0.3 is 0 Å². The minimum Gasteiger partial charge on any atom is -0.235 e. The third-order valence-electron chi connectivity index (χ3n) is 2.42. The van der Waals surface area contributed by atoms with E-state index in [1.807, 2.05) is 0 Å². The number of aromatic nitrogens is 3. The predicted octanol–water partition coefficient (Wildman–Crippen LogP) is 1.67. The van der Waals surface area contributed by atoms with Gasteiger partial charge in [0.15, 0.2) is 4.60 Å². The summed E-state index contributed by atoms with van der Waals surface area (Å²) in [6.45, 7) is 2.53. The van der Waals surface area contributed by atoms with Crippen molar-refractivity contribution < 1.29 is 8.42 Å². The molecule has 104 valence electrons. The molecule has 1 aromatic rings. The van der Waals surface area contributed by atoms with Gasteiger partial charge in [0.1, 0.15) is 0 Å². The van der Waals surface area contributed by atoms with Crippen LogP contribution in [0.4, 0.5) is 0 Å². The molecule has 1 unspecified atom stereocenters. The zero-order valence-electron chi connectivity index (χ0n) is 10.2. The SMILES string of the molecule is CC(CBr)CCCNS(=O)(=O)c1c(Br)nnn1C. The second kappa shape index (κ2) is 6.97. The van der Waals surface area contributed by atoms with Crippen LogP contribution in [0, 0.1) is 5.92 Å². The van der Waals surface area contributed by atoms with Crippen molar-refractivity contribution in [3.63, 3.8) is 0 Å². The van der Waals surface area contributed by atoms with Crippen LogP contribution in [0.5, 0.6) is 0 Å². The highest BCUT2D eigenvalue weighted by Gasteiger charge is 2.23.